The lowest BCUT2D eigenvalue weighted by Gasteiger charge is -2.15. The van der Waals surface area contributed by atoms with E-state index in [2.05, 4.69) is 17.2 Å². The van der Waals surface area contributed by atoms with Crippen LogP contribution in [0.2, 0.25) is 0 Å². The number of methoxy groups -OCH3 is 2. The zero-order valence-electron chi connectivity index (χ0n) is 16.2. The van der Waals surface area contributed by atoms with Crippen LogP contribution >= 0.6 is 11.8 Å². The number of para-hydroxylation sites is 1. The van der Waals surface area contributed by atoms with Crippen molar-refractivity contribution in [2.75, 3.05) is 26.1 Å². The third-order valence-electron chi connectivity index (χ3n) is 3.87. The van der Waals surface area contributed by atoms with Gasteiger partial charge in [-0.25, -0.2) is 0 Å². The van der Waals surface area contributed by atoms with Crippen LogP contribution in [0.1, 0.15) is 17.3 Å². The predicted molar refractivity (Wildman–Crippen MR) is 112 cm³/mol. The van der Waals surface area contributed by atoms with Gasteiger partial charge in [-0.2, -0.15) is 0 Å². The van der Waals surface area contributed by atoms with E-state index < -0.39 is 0 Å². The molecular weight excluding hydrogens is 376 g/mol. The molecule has 1 atom stereocenters. The monoisotopic (exact) mass is 400 g/mol. The highest BCUT2D eigenvalue weighted by atomic mass is 32.2. The third-order valence-corrected chi connectivity index (χ3v) is 4.97. The van der Waals surface area contributed by atoms with Gasteiger partial charge < -0.3 is 20.1 Å². The Balaban J connectivity index is 2.09. The fourth-order valence-electron chi connectivity index (χ4n) is 2.43. The van der Waals surface area contributed by atoms with Crippen LogP contribution in [0, 0.1) is 0 Å². The molecule has 0 bridgehead atoms. The lowest BCUT2D eigenvalue weighted by atomic mass is 10.1. The van der Waals surface area contributed by atoms with Gasteiger partial charge in [0.1, 0.15) is 0 Å². The van der Waals surface area contributed by atoms with Crippen LogP contribution in [0.5, 0.6) is 11.5 Å². The van der Waals surface area contributed by atoms with Gasteiger partial charge in [0.2, 0.25) is 5.91 Å². The highest BCUT2D eigenvalue weighted by Gasteiger charge is 2.18. The Morgan fingerprint density at radius 3 is 2.54 bits per heavy atom. The Kier molecular flexibility index (Phi) is 7.95. The van der Waals surface area contributed by atoms with Crippen molar-refractivity contribution >= 4 is 29.3 Å². The Hall–Kier alpha value is -2.93. The molecule has 148 valence electrons. The van der Waals surface area contributed by atoms with Gasteiger partial charge in [-0.05, 0) is 37.3 Å². The van der Waals surface area contributed by atoms with Crippen LogP contribution < -0.4 is 20.1 Å². The summed E-state index contributed by atoms with van der Waals surface area (Å²) >= 11 is 1.39. The maximum Gasteiger partial charge on any atom is 0.253 e. The Morgan fingerprint density at radius 1 is 1.14 bits per heavy atom. The summed E-state index contributed by atoms with van der Waals surface area (Å²) in [5.41, 5.74) is 0.870. The molecule has 0 fully saturated rings. The van der Waals surface area contributed by atoms with E-state index in [1.165, 1.54) is 11.8 Å². The topological polar surface area (TPSA) is 76.7 Å². The molecule has 7 heteroatoms. The molecule has 1 unspecified atom stereocenters. The molecule has 0 aromatic heterocycles. The SMILES string of the molecule is C=CCNC(=O)c1ccccc1NC(=O)C(C)Sc1ccc(OC)c(OC)c1. The van der Waals surface area contributed by atoms with Gasteiger partial charge in [0.25, 0.3) is 5.91 Å². The molecule has 6 nitrogen and oxygen atoms in total. The average molecular weight is 401 g/mol. The first kappa shape index (κ1) is 21.4. The third kappa shape index (κ3) is 5.53. The lowest BCUT2D eigenvalue weighted by molar-refractivity contribution is -0.115. The molecule has 2 amide bonds. The van der Waals surface area contributed by atoms with Gasteiger partial charge >= 0.3 is 0 Å². The second kappa shape index (κ2) is 10.4. The molecular formula is C21H24N2O4S. The van der Waals surface area contributed by atoms with Crippen LogP contribution in [0.4, 0.5) is 5.69 Å². The summed E-state index contributed by atoms with van der Waals surface area (Å²) in [4.78, 5) is 25.8. The zero-order chi connectivity index (χ0) is 20.5. The number of carbonyl (C=O) groups excluding carboxylic acids is 2. The number of thioether (sulfide) groups is 1. The van der Waals surface area contributed by atoms with Crippen LogP contribution in [0.3, 0.4) is 0 Å². The Morgan fingerprint density at radius 2 is 1.86 bits per heavy atom. The Labute approximate surface area is 169 Å². The average Bonchev–Trinajstić information content (AvgIpc) is 2.72. The first-order valence-corrected chi connectivity index (χ1v) is 9.55. The number of hydrogen-bond acceptors (Lipinski definition) is 5. The van der Waals surface area contributed by atoms with Crippen molar-refractivity contribution in [1.29, 1.82) is 0 Å². The van der Waals surface area contributed by atoms with Crippen LogP contribution in [-0.2, 0) is 4.79 Å². The van der Waals surface area contributed by atoms with Gasteiger partial charge in [-0.1, -0.05) is 18.2 Å². The maximum atomic E-state index is 12.6. The Bertz CT molecular complexity index is 854. The number of hydrogen-bond donors (Lipinski definition) is 2. The van der Waals surface area contributed by atoms with Gasteiger partial charge in [0.05, 0.1) is 30.7 Å². The summed E-state index contributed by atoms with van der Waals surface area (Å²) in [6.45, 7) is 5.74. The molecule has 0 saturated carbocycles. The number of benzene rings is 2. The summed E-state index contributed by atoms with van der Waals surface area (Å²) in [7, 11) is 3.14. The van der Waals surface area contributed by atoms with Crippen molar-refractivity contribution < 1.29 is 19.1 Å². The molecule has 2 aromatic rings. The minimum Gasteiger partial charge on any atom is -0.493 e. The van der Waals surface area contributed by atoms with E-state index >= 15 is 0 Å². The fraction of sp³-hybridized carbons (Fsp3) is 0.238. The van der Waals surface area contributed by atoms with Crippen LogP contribution in [0.25, 0.3) is 0 Å². The summed E-state index contributed by atoms with van der Waals surface area (Å²) in [5.74, 6) is 0.757. The van der Waals surface area contributed by atoms with E-state index in [-0.39, 0.29) is 17.1 Å². The number of amides is 2. The van der Waals surface area contributed by atoms with E-state index in [0.29, 0.717) is 29.3 Å². The zero-order valence-corrected chi connectivity index (χ0v) is 17.0. The summed E-state index contributed by atoms with van der Waals surface area (Å²) in [6, 6.07) is 12.4. The number of nitrogens with one attached hydrogen (secondary N) is 2. The molecule has 0 saturated heterocycles. The highest BCUT2D eigenvalue weighted by Crippen LogP contribution is 2.33. The van der Waals surface area contributed by atoms with Gasteiger partial charge in [0, 0.05) is 11.4 Å². The molecule has 28 heavy (non-hydrogen) atoms. The quantitative estimate of drug-likeness (QED) is 0.495. The van der Waals surface area contributed by atoms with E-state index in [0.717, 1.165) is 4.90 Å². The normalized spacial score (nSPS) is 11.2. The standard InChI is InChI=1S/C21H24N2O4S/c1-5-12-22-21(25)16-8-6-7-9-17(16)23-20(24)14(2)28-15-10-11-18(26-3)19(13-15)27-4/h5-11,13-14H,1,12H2,2-4H3,(H,22,25)(H,23,24). The molecule has 0 aliphatic carbocycles. The minimum atomic E-state index is -0.387. The van der Waals surface area contributed by atoms with E-state index in [1.54, 1.807) is 57.6 Å². The minimum absolute atomic E-state index is 0.205. The van der Waals surface area contributed by atoms with Gasteiger partial charge in [-0.15, -0.1) is 18.3 Å². The summed E-state index contributed by atoms with van der Waals surface area (Å²) < 4.78 is 10.5. The van der Waals surface area contributed by atoms with Crippen molar-refractivity contribution in [2.45, 2.75) is 17.1 Å². The number of anilines is 1. The van der Waals surface area contributed by atoms with Crippen molar-refractivity contribution in [3.8, 4) is 11.5 Å². The number of ether oxygens (including phenoxy) is 2. The summed E-state index contributed by atoms with van der Waals surface area (Å²) in [6.07, 6.45) is 1.60. The molecule has 0 aliphatic heterocycles. The number of carbonyl (C=O) groups is 2. The molecule has 0 aliphatic rings. The number of rotatable bonds is 9. The van der Waals surface area contributed by atoms with Crippen molar-refractivity contribution in [1.82, 2.24) is 5.32 Å². The molecule has 0 radical (unpaired) electrons. The van der Waals surface area contributed by atoms with E-state index in [9.17, 15) is 9.59 Å². The first-order chi connectivity index (χ1) is 13.5. The van der Waals surface area contributed by atoms with Gasteiger partial charge in [-0.3, -0.25) is 9.59 Å². The smallest absolute Gasteiger partial charge is 0.253 e. The maximum absolute atomic E-state index is 12.6. The second-order valence-electron chi connectivity index (χ2n) is 5.81. The van der Waals surface area contributed by atoms with E-state index in [1.807, 2.05) is 12.1 Å². The van der Waals surface area contributed by atoms with E-state index in [4.69, 9.17) is 9.47 Å². The van der Waals surface area contributed by atoms with Crippen LogP contribution in [0.15, 0.2) is 60.0 Å². The molecule has 2 rings (SSSR count). The van der Waals surface area contributed by atoms with Crippen molar-refractivity contribution in [3.05, 3.63) is 60.7 Å². The van der Waals surface area contributed by atoms with Crippen molar-refractivity contribution in [3.63, 3.8) is 0 Å². The largest absolute Gasteiger partial charge is 0.493 e. The predicted octanol–water partition coefficient (Wildman–Crippen LogP) is 3.74. The molecule has 0 spiro atoms. The molecule has 2 aromatic carbocycles. The molecule has 2 N–H and O–H groups in total. The second-order valence-corrected chi connectivity index (χ2v) is 7.22. The molecule has 0 heterocycles. The van der Waals surface area contributed by atoms with Crippen LogP contribution in [-0.4, -0.2) is 37.8 Å². The van der Waals surface area contributed by atoms with Crippen molar-refractivity contribution in [2.24, 2.45) is 0 Å². The lowest BCUT2D eigenvalue weighted by Crippen LogP contribution is -2.27. The first-order valence-electron chi connectivity index (χ1n) is 8.67. The highest BCUT2D eigenvalue weighted by molar-refractivity contribution is 8.00. The summed E-state index contributed by atoms with van der Waals surface area (Å²) in [5, 5.41) is 5.17. The van der Waals surface area contributed by atoms with Gasteiger partial charge in [0.15, 0.2) is 11.5 Å². The fourth-order valence-corrected chi connectivity index (χ4v) is 3.33.